The quantitative estimate of drug-likeness (QED) is 0.625. The molecule has 0 heterocycles. The smallest absolute Gasteiger partial charge is 0.0340 e. The zero-order valence-electron chi connectivity index (χ0n) is 10.9. The maximum absolute atomic E-state index is 3.42. The van der Waals surface area contributed by atoms with Gasteiger partial charge < -0.3 is 5.32 Å². The fourth-order valence-corrected chi connectivity index (χ4v) is 2.59. The summed E-state index contributed by atoms with van der Waals surface area (Å²) in [6.07, 6.45) is 0. The van der Waals surface area contributed by atoms with Crippen LogP contribution in [0.4, 0.5) is 5.69 Å². The van der Waals surface area contributed by atoms with Gasteiger partial charge in [-0.2, -0.15) is 0 Å². The Kier molecular flexibility index (Phi) is 4.71. The monoisotopic (exact) mass is 257 g/mol. The highest BCUT2D eigenvalue weighted by molar-refractivity contribution is 7.99. The Morgan fingerprint density at radius 2 is 1.72 bits per heavy atom. The first-order chi connectivity index (χ1) is 8.75. The van der Waals surface area contributed by atoms with Crippen molar-refractivity contribution in [3.8, 4) is 0 Å². The van der Waals surface area contributed by atoms with Crippen molar-refractivity contribution in [1.82, 2.24) is 0 Å². The molecule has 0 saturated heterocycles. The molecule has 2 aromatic carbocycles. The van der Waals surface area contributed by atoms with E-state index < -0.39 is 0 Å². The van der Waals surface area contributed by atoms with Crippen molar-refractivity contribution in [2.45, 2.75) is 18.7 Å². The zero-order chi connectivity index (χ0) is 12.8. The van der Waals surface area contributed by atoms with Gasteiger partial charge in [0.1, 0.15) is 0 Å². The molecule has 2 aromatic rings. The third-order valence-electron chi connectivity index (χ3n) is 2.95. The van der Waals surface area contributed by atoms with Crippen LogP contribution in [0.5, 0.6) is 0 Å². The first-order valence-corrected chi connectivity index (χ1v) is 7.23. The Balaban J connectivity index is 1.77. The van der Waals surface area contributed by atoms with E-state index in [1.54, 1.807) is 0 Å². The Morgan fingerprint density at radius 3 is 2.44 bits per heavy atom. The highest BCUT2D eigenvalue weighted by Gasteiger charge is 1.97. The normalized spacial score (nSPS) is 10.3. The van der Waals surface area contributed by atoms with Crippen molar-refractivity contribution in [3.05, 3.63) is 59.7 Å². The van der Waals surface area contributed by atoms with Crippen LogP contribution < -0.4 is 5.32 Å². The van der Waals surface area contributed by atoms with Gasteiger partial charge in [-0.15, -0.1) is 11.8 Å². The molecule has 0 spiro atoms. The molecule has 1 N–H and O–H groups in total. The van der Waals surface area contributed by atoms with E-state index >= 15 is 0 Å². The van der Waals surface area contributed by atoms with E-state index in [-0.39, 0.29) is 0 Å². The van der Waals surface area contributed by atoms with Gasteiger partial charge in [0, 0.05) is 22.9 Å². The van der Waals surface area contributed by atoms with E-state index in [0.29, 0.717) is 0 Å². The van der Waals surface area contributed by atoms with E-state index in [0.717, 1.165) is 12.3 Å². The highest BCUT2D eigenvalue weighted by atomic mass is 32.2. The molecule has 0 unspecified atom stereocenters. The highest BCUT2D eigenvalue weighted by Crippen LogP contribution is 2.20. The number of benzene rings is 2. The predicted octanol–water partition coefficient (Wildman–Crippen LogP) is 4.51. The molecule has 0 fully saturated rings. The Morgan fingerprint density at radius 1 is 0.944 bits per heavy atom. The molecular formula is C16H19NS. The van der Waals surface area contributed by atoms with Crippen LogP contribution in [0, 0.1) is 13.8 Å². The number of hydrogen-bond acceptors (Lipinski definition) is 2. The summed E-state index contributed by atoms with van der Waals surface area (Å²) in [7, 11) is 0. The number of anilines is 1. The van der Waals surface area contributed by atoms with Crippen molar-refractivity contribution in [2.24, 2.45) is 0 Å². The van der Waals surface area contributed by atoms with Crippen LogP contribution >= 0.6 is 11.8 Å². The van der Waals surface area contributed by atoms with Crippen LogP contribution in [0.3, 0.4) is 0 Å². The van der Waals surface area contributed by atoms with E-state index in [4.69, 9.17) is 0 Å². The Labute approximate surface area is 114 Å². The summed E-state index contributed by atoms with van der Waals surface area (Å²) >= 11 is 1.90. The lowest BCUT2D eigenvalue weighted by atomic mass is 10.1. The maximum Gasteiger partial charge on any atom is 0.0340 e. The molecule has 0 aliphatic rings. The summed E-state index contributed by atoms with van der Waals surface area (Å²) in [6, 6.07) is 17.0. The molecule has 0 aliphatic carbocycles. The van der Waals surface area contributed by atoms with Gasteiger partial charge >= 0.3 is 0 Å². The number of nitrogens with one attached hydrogen (secondary N) is 1. The second kappa shape index (κ2) is 6.50. The SMILES string of the molecule is Cc1ccc(SCCNc2ccccc2)cc1C. The Hall–Kier alpha value is -1.41. The number of rotatable bonds is 5. The van der Waals surface area contributed by atoms with E-state index in [9.17, 15) is 0 Å². The van der Waals surface area contributed by atoms with Crippen LogP contribution in [0.25, 0.3) is 0 Å². The average molecular weight is 257 g/mol. The molecule has 0 amide bonds. The van der Waals surface area contributed by atoms with Crippen molar-refractivity contribution >= 4 is 17.4 Å². The molecule has 94 valence electrons. The van der Waals surface area contributed by atoms with Crippen LogP contribution in [0.1, 0.15) is 11.1 Å². The van der Waals surface area contributed by atoms with Crippen LogP contribution in [0.15, 0.2) is 53.4 Å². The number of thioether (sulfide) groups is 1. The zero-order valence-corrected chi connectivity index (χ0v) is 11.8. The van der Waals surface area contributed by atoms with E-state index in [1.165, 1.54) is 21.7 Å². The van der Waals surface area contributed by atoms with Gasteiger partial charge in [0.05, 0.1) is 0 Å². The second-order valence-electron chi connectivity index (χ2n) is 4.39. The molecule has 1 nitrogen and oxygen atoms in total. The van der Waals surface area contributed by atoms with Gasteiger partial charge in [-0.25, -0.2) is 0 Å². The van der Waals surface area contributed by atoms with Gasteiger partial charge in [0.2, 0.25) is 0 Å². The van der Waals surface area contributed by atoms with Crippen molar-refractivity contribution in [3.63, 3.8) is 0 Å². The molecule has 18 heavy (non-hydrogen) atoms. The minimum absolute atomic E-state index is 0.988. The van der Waals surface area contributed by atoms with Crippen LogP contribution in [-0.4, -0.2) is 12.3 Å². The van der Waals surface area contributed by atoms with Gasteiger partial charge in [0.15, 0.2) is 0 Å². The predicted molar refractivity (Wildman–Crippen MR) is 81.6 cm³/mol. The summed E-state index contributed by atoms with van der Waals surface area (Å²) in [5.41, 5.74) is 3.93. The standard InChI is InChI=1S/C16H19NS/c1-13-8-9-16(12-14(13)2)18-11-10-17-15-6-4-3-5-7-15/h3-9,12,17H,10-11H2,1-2H3. The summed E-state index contributed by atoms with van der Waals surface area (Å²) < 4.78 is 0. The Bertz CT molecular complexity index is 494. The van der Waals surface area contributed by atoms with Crippen molar-refractivity contribution in [1.29, 1.82) is 0 Å². The summed E-state index contributed by atoms with van der Waals surface area (Å²) in [5.74, 6) is 1.08. The first kappa shape index (κ1) is 13.0. The van der Waals surface area contributed by atoms with E-state index in [1.807, 2.05) is 17.8 Å². The molecular weight excluding hydrogens is 238 g/mol. The largest absolute Gasteiger partial charge is 0.384 e. The third kappa shape index (κ3) is 3.81. The molecule has 0 aliphatic heterocycles. The molecule has 0 bridgehead atoms. The number of para-hydroxylation sites is 1. The number of aryl methyl sites for hydroxylation is 2. The third-order valence-corrected chi connectivity index (χ3v) is 3.95. The van der Waals surface area contributed by atoms with Gasteiger partial charge in [-0.1, -0.05) is 24.3 Å². The van der Waals surface area contributed by atoms with Crippen LogP contribution in [-0.2, 0) is 0 Å². The molecule has 2 heteroatoms. The summed E-state index contributed by atoms with van der Waals surface area (Å²) in [5, 5.41) is 3.42. The van der Waals surface area contributed by atoms with Crippen LogP contribution in [0.2, 0.25) is 0 Å². The molecule has 2 rings (SSSR count). The van der Waals surface area contributed by atoms with Gasteiger partial charge in [-0.05, 0) is 49.2 Å². The van der Waals surface area contributed by atoms with Gasteiger partial charge in [-0.3, -0.25) is 0 Å². The first-order valence-electron chi connectivity index (χ1n) is 6.25. The van der Waals surface area contributed by atoms with Gasteiger partial charge in [0.25, 0.3) is 0 Å². The summed E-state index contributed by atoms with van der Waals surface area (Å²) in [6.45, 7) is 5.31. The minimum atomic E-state index is 0.988. The lowest BCUT2D eigenvalue weighted by Crippen LogP contribution is -2.03. The lowest BCUT2D eigenvalue weighted by molar-refractivity contribution is 1.22. The van der Waals surface area contributed by atoms with Crippen molar-refractivity contribution < 1.29 is 0 Å². The maximum atomic E-state index is 3.42. The molecule has 0 radical (unpaired) electrons. The fraction of sp³-hybridized carbons (Fsp3) is 0.250. The molecule has 0 aromatic heterocycles. The van der Waals surface area contributed by atoms with E-state index in [2.05, 4.69) is 61.6 Å². The molecule has 0 atom stereocenters. The number of hydrogen-bond donors (Lipinski definition) is 1. The second-order valence-corrected chi connectivity index (χ2v) is 5.56. The molecule has 0 saturated carbocycles. The van der Waals surface area contributed by atoms with Crippen molar-refractivity contribution in [2.75, 3.05) is 17.6 Å². The topological polar surface area (TPSA) is 12.0 Å². The summed E-state index contributed by atoms with van der Waals surface area (Å²) in [4.78, 5) is 1.35. The minimum Gasteiger partial charge on any atom is -0.384 e. The fourth-order valence-electron chi connectivity index (χ4n) is 1.72. The lowest BCUT2D eigenvalue weighted by Gasteiger charge is -2.07. The average Bonchev–Trinajstić information content (AvgIpc) is 2.40.